The van der Waals surface area contributed by atoms with E-state index in [0.717, 1.165) is 22.9 Å². The van der Waals surface area contributed by atoms with Crippen molar-refractivity contribution in [1.82, 2.24) is 0 Å². The maximum Gasteiger partial charge on any atom is 0.0717 e. The van der Waals surface area contributed by atoms with Crippen LogP contribution >= 0.6 is 24.2 Å². The molecule has 84 valence electrons. The van der Waals surface area contributed by atoms with Crippen molar-refractivity contribution in [2.75, 3.05) is 12.4 Å². The molecule has 0 aliphatic rings. The first kappa shape index (κ1) is 12.9. The van der Waals surface area contributed by atoms with Crippen LogP contribution in [-0.2, 0) is 11.3 Å². The van der Waals surface area contributed by atoms with Gasteiger partial charge in [-0.05, 0) is 28.9 Å². The fourth-order valence-corrected chi connectivity index (χ4v) is 1.29. The van der Waals surface area contributed by atoms with Gasteiger partial charge in [-0.2, -0.15) is 12.6 Å². The van der Waals surface area contributed by atoms with Gasteiger partial charge in [0.25, 0.3) is 0 Å². The highest BCUT2D eigenvalue weighted by Crippen LogP contribution is 2.18. The number of hydrogen-bond donors (Lipinski definition) is 1. The fraction of sp³-hybridized carbons (Fsp3) is 0.500. The van der Waals surface area contributed by atoms with E-state index in [1.54, 1.807) is 0 Å². The van der Waals surface area contributed by atoms with Crippen LogP contribution in [0.5, 0.6) is 0 Å². The average molecular weight is 245 g/mol. The molecule has 1 aromatic carbocycles. The quantitative estimate of drug-likeness (QED) is 0.775. The van der Waals surface area contributed by atoms with Crippen LogP contribution in [0.2, 0.25) is 5.02 Å². The molecule has 1 rings (SSSR count). The van der Waals surface area contributed by atoms with E-state index in [4.69, 9.17) is 16.3 Å². The highest BCUT2D eigenvalue weighted by atomic mass is 35.5. The summed E-state index contributed by atoms with van der Waals surface area (Å²) >= 11 is 10.1. The molecule has 0 aromatic heterocycles. The van der Waals surface area contributed by atoms with Crippen LogP contribution in [0, 0.1) is 5.41 Å². The Morgan fingerprint density at radius 2 is 1.87 bits per heavy atom. The van der Waals surface area contributed by atoms with Gasteiger partial charge in [-0.1, -0.05) is 37.6 Å². The molecule has 15 heavy (non-hydrogen) atoms. The highest BCUT2D eigenvalue weighted by molar-refractivity contribution is 7.80. The third-order valence-electron chi connectivity index (χ3n) is 2.10. The van der Waals surface area contributed by atoms with Gasteiger partial charge in [-0.3, -0.25) is 0 Å². The summed E-state index contributed by atoms with van der Waals surface area (Å²) in [6, 6.07) is 7.72. The van der Waals surface area contributed by atoms with Crippen molar-refractivity contribution < 1.29 is 4.74 Å². The minimum absolute atomic E-state index is 0.134. The summed E-state index contributed by atoms with van der Waals surface area (Å²) in [7, 11) is 0. The first-order valence-corrected chi connectivity index (χ1v) is 5.98. The minimum Gasteiger partial charge on any atom is -0.376 e. The Bertz CT molecular complexity index is 295. The summed E-state index contributed by atoms with van der Waals surface area (Å²) < 4.78 is 5.62. The summed E-state index contributed by atoms with van der Waals surface area (Å²) in [6.45, 7) is 5.64. The summed E-state index contributed by atoms with van der Waals surface area (Å²) in [6.07, 6.45) is 0. The molecule has 0 unspecified atom stereocenters. The van der Waals surface area contributed by atoms with Gasteiger partial charge >= 0.3 is 0 Å². The number of ether oxygens (including phenoxy) is 1. The van der Waals surface area contributed by atoms with Crippen molar-refractivity contribution in [3.05, 3.63) is 34.9 Å². The topological polar surface area (TPSA) is 9.23 Å². The van der Waals surface area contributed by atoms with Crippen molar-refractivity contribution in [2.24, 2.45) is 5.41 Å². The second kappa shape index (κ2) is 5.78. The molecule has 0 atom stereocenters. The number of thiol groups is 1. The normalized spacial score (nSPS) is 11.7. The third-order valence-corrected chi connectivity index (χ3v) is 3.21. The molecule has 0 radical (unpaired) electrons. The van der Waals surface area contributed by atoms with Crippen LogP contribution in [-0.4, -0.2) is 12.4 Å². The maximum atomic E-state index is 5.79. The molecule has 0 amide bonds. The lowest BCUT2D eigenvalue weighted by molar-refractivity contribution is 0.0621. The smallest absolute Gasteiger partial charge is 0.0717 e. The second-order valence-corrected chi connectivity index (χ2v) is 5.19. The van der Waals surface area contributed by atoms with E-state index in [1.165, 1.54) is 0 Å². The van der Waals surface area contributed by atoms with E-state index in [1.807, 2.05) is 24.3 Å². The van der Waals surface area contributed by atoms with E-state index in [9.17, 15) is 0 Å². The number of rotatable bonds is 5. The molecule has 0 saturated carbocycles. The summed E-state index contributed by atoms with van der Waals surface area (Å²) in [5.74, 6) is 0.827. The molecule has 0 bridgehead atoms. The van der Waals surface area contributed by atoms with E-state index in [-0.39, 0.29) is 5.41 Å². The molecule has 0 spiro atoms. The molecule has 1 nitrogen and oxygen atoms in total. The monoisotopic (exact) mass is 244 g/mol. The predicted molar refractivity (Wildman–Crippen MR) is 68.7 cm³/mol. The summed E-state index contributed by atoms with van der Waals surface area (Å²) in [4.78, 5) is 0. The van der Waals surface area contributed by atoms with E-state index >= 15 is 0 Å². The average Bonchev–Trinajstić information content (AvgIpc) is 2.21. The lowest BCUT2D eigenvalue weighted by atomic mass is 9.98. The third kappa shape index (κ3) is 4.92. The SMILES string of the molecule is CC(C)(CS)COCc1ccc(Cl)cc1. The summed E-state index contributed by atoms with van der Waals surface area (Å²) in [5, 5.41) is 0.759. The maximum absolute atomic E-state index is 5.79. The van der Waals surface area contributed by atoms with Gasteiger partial charge in [0.15, 0.2) is 0 Å². The van der Waals surface area contributed by atoms with Crippen molar-refractivity contribution in [2.45, 2.75) is 20.5 Å². The fourth-order valence-electron chi connectivity index (χ4n) is 1.07. The molecule has 0 aliphatic heterocycles. The Kier molecular flexibility index (Phi) is 4.97. The Morgan fingerprint density at radius 3 is 2.40 bits per heavy atom. The van der Waals surface area contributed by atoms with Crippen LogP contribution in [0.4, 0.5) is 0 Å². The van der Waals surface area contributed by atoms with Crippen LogP contribution in [0.25, 0.3) is 0 Å². The zero-order valence-electron chi connectivity index (χ0n) is 9.16. The van der Waals surface area contributed by atoms with E-state index in [0.29, 0.717) is 6.61 Å². The Labute approximate surface area is 102 Å². The second-order valence-electron chi connectivity index (χ2n) is 4.44. The van der Waals surface area contributed by atoms with Gasteiger partial charge in [0, 0.05) is 5.02 Å². The van der Waals surface area contributed by atoms with Crippen LogP contribution < -0.4 is 0 Å². The molecule has 0 heterocycles. The van der Waals surface area contributed by atoms with Crippen LogP contribution in [0.1, 0.15) is 19.4 Å². The molecule has 0 aliphatic carbocycles. The van der Waals surface area contributed by atoms with Crippen molar-refractivity contribution in [3.63, 3.8) is 0 Å². The van der Waals surface area contributed by atoms with Crippen molar-refractivity contribution >= 4 is 24.2 Å². The molecular weight excluding hydrogens is 228 g/mol. The number of benzene rings is 1. The zero-order valence-corrected chi connectivity index (χ0v) is 10.8. The Balaban J connectivity index is 2.35. The van der Waals surface area contributed by atoms with Gasteiger partial charge in [0.2, 0.25) is 0 Å². The van der Waals surface area contributed by atoms with E-state index in [2.05, 4.69) is 26.5 Å². The van der Waals surface area contributed by atoms with Crippen molar-refractivity contribution in [1.29, 1.82) is 0 Å². The largest absolute Gasteiger partial charge is 0.376 e. The lowest BCUT2D eigenvalue weighted by Gasteiger charge is -2.21. The van der Waals surface area contributed by atoms with Gasteiger partial charge in [-0.25, -0.2) is 0 Å². The standard InChI is InChI=1S/C12H17ClOS/c1-12(2,9-15)8-14-7-10-3-5-11(13)6-4-10/h3-6,15H,7-9H2,1-2H3. The Hall–Kier alpha value is -0.180. The Morgan fingerprint density at radius 1 is 1.27 bits per heavy atom. The van der Waals surface area contributed by atoms with Crippen molar-refractivity contribution in [3.8, 4) is 0 Å². The van der Waals surface area contributed by atoms with Gasteiger partial charge in [0.1, 0.15) is 0 Å². The minimum atomic E-state index is 0.134. The first-order chi connectivity index (χ1) is 7.03. The molecule has 1 aromatic rings. The van der Waals surface area contributed by atoms with Gasteiger partial charge in [-0.15, -0.1) is 0 Å². The molecule has 0 saturated heterocycles. The molecular formula is C12H17ClOS. The van der Waals surface area contributed by atoms with Gasteiger partial charge < -0.3 is 4.74 Å². The predicted octanol–water partition coefficient (Wildman–Crippen LogP) is 3.81. The van der Waals surface area contributed by atoms with Crippen LogP contribution in [0.3, 0.4) is 0 Å². The summed E-state index contributed by atoms with van der Waals surface area (Å²) in [5.41, 5.74) is 1.28. The number of halogens is 1. The molecule has 0 fully saturated rings. The van der Waals surface area contributed by atoms with Gasteiger partial charge in [0.05, 0.1) is 13.2 Å². The zero-order chi connectivity index (χ0) is 11.3. The molecule has 0 N–H and O–H groups in total. The first-order valence-electron chi connectivity index (χ1n) is 4.96. The molecule has 3 heteroatoms. The lowest BCUT2D eigenvalue weighted by Crippen LogP contribution is -2.20. The van der Waals surface area contributed by atoms with E-state index < -0.39 is 0 Å². The number of hydrogen-bond acceptors (Lipinski definition) is 2. The van der Waals surface area contributed by atoms with Crippen LogP contribution in [0.15, 0.2) is 24.3 Å². The highest BCUT2D eigenvalue weighted by Gasteiger charge is 2.15.